The van der Waals surface area contributed by atoms with Gasteiger partial charge in [0.25, 0.3) is 5.91 Å². The zero-order valence-corrected chi connectivity index (χ0v) is 15.0. The van der Waals surface area contributed by atoms with Crippen LogP contribution in [0.15, 0.2) is 30.3 Å². The van der Waals surface area contributed by atoms with Crippen molar-refractivity contribution in [2.75, 3.05) is 13.1 Å². The standard InChI is InChI=1S/C19H23ClN2O2/c1-12-10-18(19(24)21-9-8-15(11-21)14(3)23)13(2)22(12)17-6-4-16(20)5-7-17/h4-7,10,14-15,23H,8-9,11H2,1-3H3. The van der Waals surface area contributed by atoms with Gasteiger partial charge in [0.05, 0.1) is 11.7 Å². The van der Waals surface area contributed by atoms with Crippen molar-refractivity contribution in [1.29, 1.82) is 0 Å². The second kappa shape index (κ2) is 6.61. The first-order chi connectivity index (χ1) is 11.4. The van der Waals surface area contributed by atoms with Crippen molar-refractivity contribution in [2.24, 2.45) is 5.92 Å². The normalized spacial score (nSPS) is 18.9. The van der Waals surface area contributed by atoms with Gasteiger partial charge in [0.15, 0.2) is 0 Å². The minimum Gasteiger partial charge on any atom is -0.393 e. The summed E-state index contributed by atoms with van der Waals surface area (Å²) in [7, 11) is 0. The number of halogens is 1. The van der Waals surface area contributed by atoms with Gasteiger partial charge in [-0.1, -0.05) is 11.6 Å². The maximum atomic E-state index is 12.9. The lowest BCUT2D eigenvalue weighted by molar-refractivity contribution is 0.0762. The van der Waals surface area contributed by atoms with Crippen LogP contribution >= 0.6 is 11.6 Å². The number of hydrogen-bond donors (Lipinski definition) is 1. The third-order valence-electron chi connectivity index (χ3n) is 4.94. The summed E-state index contributed by atoms with van der Waals surface area (Å²) in [5.41, 5.74) is 3.68. The smallest absolute Gasteiger partial charge is 0.255 e. The molecule has 24 heavy (non-hydrogen) atoms. The number of aliphatic hydroxyl groups is 1. The highest BCUT2D eigenvalue weighted by Crippen LogP contribution is 2.26. The molecular weight excluding hydrogens is 324 g/mol. The van der Waals surface area contributed by atoms with E-state index in [9.17, 15) is 9.90 Å². The molecule has 1 aliphatic heterocycles. The quantitative estimate of drug-likeness (QED) is 0.923. The number of amides is 1. The van der Waals surface area contributed by atoms with Crippen LogP contribution in [0.4, 0.5) is 0 Å². The van der Waals surface area contributed by atoms with Gasteiger partial charge in [-0.3, -0.25) is 4.79 Å². The molecule has 1 fully saturated rings. The summed E-state index contributed by atoms with van der Waals surface area (Å²) in [4.78, 5) is 14.7. The van der Waals surface area contributed by atoms with Gasteiger partial charge in [-0.2, -0.15) is 0 Å². The molecule has 1 aliphatic rings. The number of nitrogens with zero attached hydrogens (tertiary/aromatic N) is 2. The average molecular weight is 347 g/mol. The van der Waals surface area contributed by atoms with E-state index in [4.69, 9.17) is 11.6 Å². The van der Waals surface area contributed by atoms with Crippen molar-refractivity contribution in [3.63, 3.8) is 0 Å². The Balaban J connectivity index is 1.89. The largest absolute Gasteiger partial charge is 0.393 e. The first kappa shape index (κ1) is 17.1. The molecule has 1 aromatic heterocycles. The van der Waals surface area contributed by atoms with Crippen molar-refractivity contribution in [3.8, 4) is 5.69 Å². The van der Waals surface area contributed by atoms with Crippen LogP contribution in [0.2, 0.25) is 5.02 Å². The molecule has 2 unspecified atom stereocenters. The topological polar surface area (TPSA) is 45.5 Å². The number of likely N-dealkylation sites (tertiary alicyclic amines) is 1. The Bertz CT molecular complexity index is 749. The zero-order chi connectivity index (χ0) is 17.4. The fourth-order valence-corrected chi connectivity index (χ4v) is 3.63. The van der Waals surface area contributed by atoms with Gasteiger partial charge in [0.1, 0.15) is 0 Å². The van der Waals surface area contributed by atoms with Crippen LogP contribution in [0.3, 0.4) is 0 Å². The Hall–Kier alpha value is -1.78. The summed E-state index contributed by atoms with van der Waals surface area (Å²) >= 11 is 5.97. The third kappa shape index (κ3) is 3.08. The van der Waals surface area contributed by atoms with Crippen LogP contribution in [0, 0.1) is 19.8 Å². The van der Waals surface area contributed by atoms with Crippen LogP contribution in [-0.2, 0) is 0 Å². The number of aliphatic hydroxyl groups excluding tert-OH is 1. The van der Waals surface area contributed by atoms with E-state index in [1.54, 1.807) is 6.92 Å². The molecule has 0 spiro atoms. The van der Waals surface area contributed by atoms with Crippen molar-refractivity contribution in [2.45, 2.75) is 33.3 Å². The van der Waals surface area contributed by atoms with Crippen LogP contribution in [-0.4, -0.2) is 39.7 Å². The van der Waals surface area contributed by atoms with E-state index in [2.05, 4.69) is 4.57 Å². The Morgan fingerprint density at radius 3 is 2.54 bits per heavy atom. The molecule has 5 heteroatoms. The summed E-state index contributed by atoms with van der Waals surface area (Å²) in [6.45, 7) is 7.10. The number of benzene rings is 1. The van der Waals surface area contributed by atoms with E-state index < -0.39 is 0 Å². The summed E-state index contributed by atoms with van der Waals surface area (Å²) < 4.78 is 2.08. The van der Waals surface area contributed by atoms with Gasteiger partial charge in [0.2, 0.25) is 0 Å². The van der Waals surface area contributed by atoms with Crippen LogP contribution in [0.5, 0.6) is 0 Å². The second-order valence-corrected chi connectivity index (χ2v) is 7.07. The zero-order valence-electron chi connectivity index (χ0n) is 14.3. The predicted molar refractivity (Wildman–Crippen MR) is 95.9 cm³/mol. The Morgan fingerprint density at radius 1 is 1.29 bits per heavy atom. The van der Waals surface area contributed by atoms with Gasteiger partial charge in [-0.25, -0.2) is 0 Å². The maximum absolute atomic E-state index is 12.9. The predicted octanol–water partition coefficient (Wildman–Crippen LogP) is 3.59. The van der Waals surface area contributed by atoms with E-state index in [1.165, 1.54) is 0 Å². The van der Waals surface area contributed by atoms with E-state index in [-0.39, 0.29) is 17.9 Å². The number of carbonyl (C=O) groups excluding carboxylic acids is 1. The fraction of sp³-hybridized carbons (Fsp3) is 0.421. The van der Waals surface area contributed by atoms with Crippen molar-refractivity contribution < 1.29 is 9.90 Å². The highest BCUT2D eigenvalue weighted by molar-refractivity contribution is 6.30. The molecule has 2 heterocycles. The lowest BCUT2D eigenvalue weighted by Crippen LogP contribution is -2.30. The molecule has 3 rings (SSSR count). The molecule has 1 aromatic carbocycles. The Kier molecular flexibility index (Phi) is 4.70. The lowest BCUT2D eigenvalue weighted by atomic mass is 10.0. The van der Waals surface area contributed by atoms with E-state index in [0.717, 1.165) is 29.1 Å². The summed E-state index contributed by atoms with van der Waals surface area (Å²) in [5.74, 6) is 0.222. The number of aryl methyl sites for hydroxylation is 1. The van der Waals surface area contributed by atoms with E-state index >= 15 is 0 Å². The van der Waals surface area contributed by atoms with Crippen LogP contribution < -0.4 is 0 Å². The molecule has 0 bridgehead atoms. The van der Waals surface area contributed by atoms with Gasteiger partial charge in [0, 0.05) is 41.1 Å². The first-order valence-corrected chi connectivity index (χ1v) is 8.68. The summed E-state index contributed by atoms with van der Waals surface area (Å²) in [6.07, 6.45) is 0.489. The SMILES string of the molecule is Cc1cc(C(=O)N2CCC(C(C)O)C2)c(C)n1-c1ccc(Cl)cc1. The minimum absolute atomic E-state index is 0.0477. The Labute approximate surface area is 147 Å². The Morgan fingerprint density at radius 2 is 1.96 bits per heavy atom. The summed E-state index contributed by atoms with van der Waals surface area (Å²) in [6, 6.07) is 9.56. The fourth-order valence-electron chi connectivity index (χ4n) is 3.50. The number of hydrogen-bond acceptors (Lipinski definition) is 2. The molecule has 2 atom stereocenters. The van der Waals surface area contributed by atoms with Gasteiger partial charge in [-0.15, -0.1) is 0 Å². The monoisotopic (exact) mass is 346 g/mol. The van der Waals surface area contributed by atoms with Crippen molar-refractivity contribution in [3.05, 3.63) is 52.3 Å². The van der Waals surface area contributed by atoms with Crippen molar-refractivity contribution >= 4 is 17.5 Å². The minimum atomic E-state index is -0.371. The second-order valence-electron chi connectivity index (χ2n) is 6.64. The molecular formula is C19H23ClN2O2. The van der Waals surface area contributed by atoms with Gasteiger partial charge >= 0.3 is 0 Å². The maximum Gasteiger partial charge on any atom is 0.255 e. The molecule has 128 valence electrons. The lowest BCUT2D eigenvalue weighted by Gasteiger charge is -2.18. The number of aromatic nitrogens is 1. The molecule has 1 amide bonds. The molecule has 1 N–H and O–H groups in total. The molecule has 4 nitrogen and oxygen atoms in total. The van der Waals surface area contributed by atoms with Crippen LogP contribution in [0.1, 0.15) is 35.1 Å². The van der Waals surface area contributed by atoms with E-state index in [1.807, 2.05) is 49.1 Å². The molecule has 0 radical (unpaired) electrons. The average Bonchev–Trinajstić information content (AvgIpc) is 3.14. The summed E-state index contributed by atoms with van der Waals surface area (Å²) in [5, 5.41) is 10.4. The highest BCUT2D eigenvalue weighted by Gasteiger charge is 2.31. The molecule has 2 aromatic rings. The molecule has 0 saturated carbocycles. The number of carbonyl (C=O) groups is 1. The highest BCUT2D eigenvalue weighted by atomic mass is 35.5. The van der Waals surface area contributed by atoms with Crippen molar-refractivity contribution in [1.82, 2.24) is 9.47 Å². The molecule has 1 saturated heterocycles. The molecule has 0 aliphatic carbocycles. The van der Waals surface area contributed by atoms with Crippen LogP contribution in [0.25, 0.3) is 5.69 Å². The first-order valence-electron chi connectivity index (χ1n) is 8.30. The number of rotatable bonds is 3. The van der Waals surface area contributed by atoms with Gasteiger partial charge in [-0.05, 0) is 57.5 Å². The third-order valence-corrected chi connectivity index (χ3v) is 5.19. The van der Waals surface area contributed by atoms with Gasteiger partial charge < -0.3 is 14.6 Å². The van der Waals surface area contributed by atoms with E-state index in [0.29, 0.717) is 18.1 Å².